The van der Waals surface area contributed by atoms with Crippen LogP contribution in [0.15, 0.2) is 36.8 Å². The zero-order valence-corrected chi connectivity index (χ0v) is 17.7. The fraction of sp³-hybridized carbons (Fsp3) is 0.381. The van der Waals surface area contributed by atoms with Gasteiger partial charge in [-0.05, 0) is 30.2 Å². The van der Waals surface area contributed by atoms with Crippen molar-refractivity contribution >= 4 is 23.4 Å². The van der Waals surface area contributed by atoms with E-state index in [2.05, 4.69) is 27.1 Å². The van der Waals surface area contributed by atoms with E-state index in [9.17, 15) is 25.0 Å². The Labute approximate surface area is 185 Å². The summed E-state index contributed by atoms with van der Waals surface area (Å²) in [5, 5.41) is 32.8. The molecule has 0 aliphatic heterocycles. The van der Waals surface area contributed by atoms with Crippen molar-refractivity contribution in [2.75, 3.05) is 13.2 Å². The minimum absolute atomic E-state index is 0.155. The van der Waals surface area contributed by atoms with Crippen molar-refractivity contribution in [3.05, 3.63) is 53.1 Å². The molecule has 3 atom stereocenters. The third-order valence-electron chi connectivity index (χ3n) is 4.54. The summed E-state index contributed by atoms with van der Waals surface area (Å²) in [7, 11) is 0. The van der Waals surface area contributed by atoms with Crippen LogP contribution in [-0.2, 0) is 16.0 Å². The summed E-state index contributed by atoms with van der Waals surface area (Å²) >= 11 is 5.79. The second-order valence-electron chi connectivity index (χ2n) is 7.04. The maximum absolute atomic E-state index is 12.3. The van der Waals surface area contributed by atoms with Gasteiger partial charge in [0.2, 0.25) is 5.91 Å². The van der Waals surface area contributed by atoms with Gasteiger partial charge in [-0.1, -0.05) is 30.4 Å². The van der Waals surface area contributed by atoms with Crippen LogP contribution in [0.3, 0.4) is 0 Å². The number of hydrogen-bond donors (Lipinski definition) is 5. The number of aromatic amines is 1. The Balaban J connectivity index is 1.86. The lowest BCUT2D eigenvalue weighted by atomic mass is 9.98. The highest BCUT2D eigenvalue weighted by Gasteiger charge is 2.26. The summed E-state index contributed by atoms with van der Waals surface area (Å²) in [5.41, 5.74) is 1.41. The van der Waals surface area contributed by atoms with Gasteiger partial charge in [-0.2, -0.15) is 0 Å². The average molecular weight is 449 g/mol. The van der Waals surface area contributed by atoms with Crippen LogP contribution in [0.4, 0.5) is 0 Å². The number of H-pyrrole nitrogens is 1. The number of aromatic nitrogens is 2. The van der Waals surface area contributed by atoms with Crippen LogP contribution < -0.4 is 5.32 Å². The third-order valence-corrected chi connectivity index (χ3v) is 4.79. The van der Waals surface area contributed by atoms with E-state index in [0.29, 0.717) is 17.0 Å². The van der Waals surface area contributed by atoms with Gasteiger partial charge >= 0.3 is 0 Å². The van der Waals surface area contributed by atoms with Gasteiger partial charge in [-0.25, -0.2) is 10.0 Å². The average Bonchev–Trinajstić information content (AvgIpc) is 3.26. The molecule has 0 aliphatic carbocycles. The number of carbonyl (C=O) groups is 2. The van der Waals surface area contributed by atoms with Gasteiger partial charge in [0, 0.05) is 41.5 Å². The minimum atomic E-state index is -1.74. The zero-order valence-electron chi connectivity index (χ0n) is 17.0. The molecular weight excluding hydrogens is 424 g/mol. The molecule has 10 heteroatoms. The highest BCUT2D eigenvalue weighted by Crippen LogP contribution is 2.10. The molecule has 0 aliphatic rings. The fourth-order valence-electron chi connectivity index (χ4n) is 2.68. The number of nitrogens with one attached hydrogen (secondary N) is 2. The quantitative estimate of drug-likeness (QED) is 0.218. The molecule has 31 heavy (non-hydrogen) atoms. The van der Waals surface area contributed by atoms with Gasteiger partial charge in [0.1, 0.15) is 12.6 Å². The van der Waals surface area contributed by atoms with Crippen LogP contribution in [0.2, 0.25) is 5.02 Å². The predicted molar refractivity (Wildman–Crippen MR) is 113 cm³/mol. The van der Waals surface area contributed by atoms with E-state index in [1.807, 2.05) is 0 Å². The largest absolute Gasteiger partial charge is 0.396 e. The molecule has 1 aromatic heterocycles. The molecule has 166 valence electrons. The van der Waals surface area contributed by atoms with Crippen molar-refractivity contribution in [2.45, 2.75) is 31.9 Å². The van der Waals surface area contributed by atoms with E-state index in [1.165, 1.54) is 6.33 Å². The number of amides is 2. The minimum Gasteiger partial charge on any atom is -0.396 e. The molecular formula is C21H25ClN4O5. The highest BCUT2D eigenvalue weighted by molar-refractivity contribution is 6.30. The van der Waals surface area contributed by atoms with Crippen molar-refractivity contribution in [1.29, 1.82) is 0 Å². The number of hydrogen-bond acceptors (Lipinski definition) is 6. The lowest BCUT2D eigenvalue weighted by Crippen LogP contribution is -2.45. The lowest BCUT2D eigenvalue weighted by Gasteiger charge is -2.24. The number of benzene rings is 1. The Morgan fingerprint density at radius 2 is 2.03 bits per heavy atom. The summed E-state index contributed by atoms with van der Waals surface area (Å²) in [6.07, 6.45) is 1.23. The zero-order chi connectivity index (χ0) is 22.8. The molecule has 9 nitrogen and oxygen atoms in total. The Kier molecular flexibility index (Phi) is 9.49. The number of carbonyl (C=O) groups excluding carboxylic acids is 2. The van der Waals surface area contributed by atoms with Crippen LogP contribution >= 0.6 is 11.6 Å². The van der Waals surface area contributed by atoms with Crippen molar-refractivity contribution in [3.63, 3.8) is 0 Å². The molecule has 2 rings (SSSR count). The highest BCUT2D eigenvalue weighted by atomic mass is 35.5. The first-order valence-electron chi connectivity index (χ1n) is 9.60. The smallest absolute Gasteiger partial charge is 0.276 e. The second kappa shape index (κ2) is 12.1. The molecule has 0 saturated heterocycles. The van der Waals surface area contributed by atoms with Crippen molar-refractivity contribution in [3.8, 4) is 11.8 Å². The molecule has 1 heterocycles. The summed E-state index contributed by atoms with van der Waals surface area (Å²) in [4.78, 5) is 31.2. The van der Waals surface area contributed by atoms with Crippen LogP contribution in [0.5, 0.6) is 0 Å². The number of aliphatic hydroxyl groups is 2. The monoisotopic (exact) mass is 448 g/mol. The van der Waals surface area contributed by atoms with E-state index in [4.69, 9.17) is 11.6 Å². The Hall–Kier alpha value is -2.90. The first kappa shape index (κ1) is 24.4. The Bertz CT molecular complexity index is 908. The third kappa shape index (κ3) is 8.03. The van der Waals surface area contributed by atoms with E-state index < -0.39 is 30.4 Å². The molecule has 0 bridgehead atoms. The van der Waals surface area contributed by atoms with E-state index >= 15 is 0 Å². The predicted octanol–water partition coefficient (Wildman–Crippen LogP) is 0.739. The van der Waals surface area contributed by atoms with Crippen LogP contribution in [0.25, 0.3) is 0 Å². The summed E-state index contributed by atoms with van der Waals surface area (Å²) in [6.45, 7) is 1.26. The van der Waals surface area contributed by atoms with E-state index in [0.717, 1.165) is 5.69 Å². The van der Waals surface area contributed by atoms with Crippen molar-refractivity contribution in [1.82, 2.24) is 20.3 Å². The molecule has 2 aromatic rings. The summed E-state index contributed by atoms with van der Waals surface area (Å²) < 4.78 is 0. The van der Waals surface area contributed by atoms with Gasteiger partial charge < -0.3 is 20.5 Å². The molecule has 0 spiro atoms. The number of imidazole rings is 1. The Morgan fingerprint density at radius 3 is 2.65 bits per heavy atom. The lowest BCUT2D eigenvalue weighted by molar-refractivity contribution is -0.173. The van der Waals surface area contributed by atoms with Crippen LogP contribution in [-0.4, -0.2) is 67.6 Å². The first-order valence-corrected chi connectivity index (χ1v) is 9.98. The van der Waals surface area contributed by atoms with Gasteiger partial charge in [0.15, 0.2) is 0 Å². The summed E-state index contributed by atoms with van der Waals surface area (Å²) in [5.74, 6) is 3.45. The van der Waals surface area contributed by atoms with Gasteiger partial charge in [-0.3, -0.25) is 14.8 Å². The van der Waals surface area contributed by atoms with Crippen LogP contribution in [0.1, 0.15) is 24.6 Å². The number of halogens is 1. The van der Waals surface area contributed by atoms with Gasteiger partial charge in [0.25, 0.3) is 5.91 Å². The maximum atomic E-state index is 12.3. The summed E-state index contributed by atoms with van der Waals surface area (Å²) in [6, 6.07) is 6.26. The second-order valence-corrected chi connectivity index (χ2v) is 7.48. The van der Waals surface area contributed by atoms with E-state index in [1.54, 1.807) is 37.4 Å². The molecule has 5 N–H and O–H groups in total. The SMILES string of the molecule is CC(CO)[C@H](Cc1cnc[nH]1)NC(=O)C[C@H](O)C(=O)N(O)CC#Cc1ccc(Cl)cc1. The van der Waals surface area contributed by atoms with Crippen molar-refractivity contribution in [2.24, 2.45) is 5.92 Å². The van der Waals surface area contributed by atoms with Gasteiger partial charge in [0.05, 0.1) is 12.7 Å². The standard InChI is InChI=1S/C21H25ClN4O5/c1-14(12-27)18(9-17-11-23-13-24-17)25-20(29)10-19(28)21(30)26(31)8-2-3-15-4-6-16(22)7-5-15/h4-7,11,13-14,18-19,27-28,31H,8-10,12H2,1H3,(H,23,24)(H,25,29)/t14?,18-,19-/m0/s1. The number of rotatable bonds is 9. The first-order chi connectivity index (χ1) is 14.8. The van der Waals surface area contributed by atoms with E-state index in [-0.39, 0.29) is 24.1 Å². The molecule has 1 unspecified atom stereocenters. The maximum Gasteiger partial charge on any atom is 0.276 e. The number of hydroxylamine groups is 2. The molecule has 0 radical (unpaired) electrons. The van der Waals surface area contributed by atoms with Gasteiger partial charge in [-0.15, -0.1) is 0 Å². The number of nitrogens with zero attached hydrogens (tertiary/aromatic N) is 2. The van der Waals surface area contributed by atoms with Crippen LogP contribution in [0, 0.1) is 17.8 Å². The molecule has 1 aromatic carbocycles. The number of aliphatic hydroxyl groups excluding tert-OH is 2. The normalized spacial score (nSPS) is 13.5. The fourth-order valence-corrected chi connectivity index (χ4v) is 2.81. The molecule has 0 fully saturated rings. The Morgan fingerprint density at radius 1 is 1.32 bits per heavy atom. The topological polar surface area (TPSA) is 139 Å². The van der Waals surface area contributed by atoms with Crippen molar-refractivity contribution < 1.29 is 25.0 Å². The molecule has 0 saturated carbocycles. The molecule has 2 amide bonds.